The van der Waals surface area contributed by atoms with Gasteiger partial charge in [-0.1, -0.05) is 0 Å². The molecule has 2 heterocycles. The van der Waals surface area contributed by atoms with E-state index in [2.05, 4.69) is 0 Å². The van der Waals surface area contributed by atoms with Crippen LogP contribution in [-0.4, -0.2) is 63.1 Å². The lowest BCUT2D eigenvalue weighted by Gasteiger charge is -2.16. The van der Waals surface area contributed by atoms with Crippen molar-refractivity contribution in [3.05, 3.63) is 47.5 Å². The van der Waals surface area contributed by atoms with Crippen LogP contribution in [0.5, 0.6) is 23.0 Å². The molecule has 2 aromatic carbocycles. The van der Waals surface area contributed by atoms with E-state index in [1.54, 1.807) is 0 Å². The van der Waals surface area contributed by atoms with Crippen LogP contribution >= 0.6 is 0 Å². The van der Waals surface area contributed by atoms with Crippen LogP contribution in [0.2, 0.25) is 0 Å². The molecular formula is C23H28O7. The first-order valence-corrected chi connectivity index (χ1v) is 10.2. The highest BCUT2D eigenvalue weighted by atomic mass is 16.6. The Hall–Kier alpha value is -2.48. The summed E-state index contributed by atoms with van der Waals surface area (Å²) in [6.45, 7) is 6.76. The van der Waals surface area contributed by atoms with E-state index in [0.29, 0.717) is 24.7 Å². The maximum Gasteiger partial charge on any atom is 0.123 e. The molecule has 4 rings (SSSR count). The second-order valence-electron chi connectivity index (χ2n) is 7.77. The van der Waals surface area contributed by atoms with Crippen molar-refractivity contribution in [1.82, 2.24) is 0 Å². The number of aliphatic hydroxyl groups is 1. The highest BCUT2D eigenvalue weighted by molar-refractivity contribution is 5.38. The number of ether oxygens (including phenoxy) is 6. The Balaban J connectivity index is 1.24. The molecule has 0 radical (unpaired) electrons. The smallest absolute Gasteiger partial charge is 0.123 e. The van der Waals surface area contributed by atoms with Crippen molar-refractivity contribution >= 4 is 0 Å². The second-order valence-corrected chi connectivity index (χ2v) is 7.77. The molecule has 2 saturated heterocycles. The molecule has 30 heavy (non-hydrogen) atoms. The first kappa shape index (κ1) is 20.8. The highest BCUT2D eigenvalue weighted by Crippen LogP contribution is 2.25. The number of hydrogen-bond donors (Lipinski definition) is 1. The van der Waals surface area contributed by atoms with Gasteiger partial charge >= 0.3 is 0 Å². The van der Waals surface area contributed by atoms with Crippen LogP contribution in [0.25, 0.3) is 0 Å². The molecule has 2 aromatic rings. The van der Waals surface area contributed by atoms with Gasteiger partial charge in [-0.3, -0.25) is 0 Å². The Labute approximate surface area is 176 Å². The summed E-state index contributed by atoms with van der Waals surface area (Å²) in [5.74, 6) is 2.76. The standard InChI is InChI=1S/C23H28O7/c1-15-3-18(7-20(5-15)27-11-22-13-29-22)25-9-17(24)10-26-19-4-16(2)6-21(8-19)28-12-23-14-30-23/h3-8,17,22-24H,9-14H2,1-2H3. The van der Waals surface area contributed by atoms with Crippen molar-refractivity contribution in [3.8, 4) is 23.0 Å². The molecule has 162 valence electrons. The lowest BCUT2D eigenvalue weighted by molar-refractivity contribution is 0.0624. The fourth-order valence-electron chi connectivity index (χ4n) is 2.90. The zero-order valence-electron chi connectivity index (χ0n) is 17.3. The predicted octanol–water partition coefficient (Wildman–Crippen LogP) is 2.68. The summed E-state index contributed by atoms with van der Waals surface area (Å²) in [5, 5.41) is 10.3. The van der Waals surface area contributed by atoms with E-state index >= 15 is 0 Å². The molecule has 2 fully saturated rings. The third-order valence-electron chi connectivity index (χ3n) is 4.61. The van der Waals surface area contributed by atoms with E-state index in [-0.39, 0.29) is 25.4 Å². The van der Waals surface area contributed by atoms with Gasteiger partial charge in [-0.05, 0) is 49.2 Å². The second kappa shape index (κ2) is 9.55. The Morgan fingerprint density at radius 3 is 1.47 bits per heavy atom. The van der Waals surface area contributed by atoms with Crippen LogP contribution in [-0.2, 0) is 9.47 Å². The fourth-order valence-corrected chi connectivity index (χ4v) is 2.90. The third-order valence-corrected chi connectivity index (χ3v) is 4.61. The SMILES string of the molecule is Cc1cc(OCC(O)COc2cc(C)cc(OCC3CO3)c2)cc(OCC2CO2)c1. The number of aliphatic hydroxyl groups excluding tert-OH is 1. The molecule has 0 aliphatic carbocycles. The van der Waals surface area contributed by atoms with Crippen LogP contribution in [0.1, 0.15) is 11.1 Å². The minimum atomic E-state index is -0.778. The van der Waals surface area contributed by atoms with Gasteiger partial charge in [0.05, 0.1) is 13.2 Å². The van der Waals surface area contributed by atoms with Gasteiger partial charge in [0.1, 0.15) is 67.7 Å². The van der Waals surface area contributed by atoms with Crippen LogP contribution in [0.15, 0.2) is 36.4 Å². The summed E-state index contributed by atoms with van der Waals surface area (Å²) >= 11 is 0. The minimum Gasteiger partial charge on any atom is -0.491 e. The zero-order valence-corrected chi connectivity index (χ0v) is 17.3. The summed E-state index contributed by atoms with van der Waals surface area (Å²) in [5.41, 5.74) is 2.04. The molecule has 2 unspecified atom stereocenters. The number of epoxide rings is 2. The largest absolute Gasteiger partial charge is 0.491 e. The Morgan fingerprint density at radius 2 is 1.10 bits per heavy atom. The maximum absolute atomic E-state index is 10.3. The van der Waals surface area contributed by atoms with E-state index in [1.165, 1.54) is 0 Å². The molecule has 0 amide bonds. The van der Waals surface area contributed by atoms with Crippen molar-refractivity contribution in [2.75, 3.05) is 39.6 Å². The molecule has 7 heteroatoms. The molecule has 0 bridgehead atoms. The molecule has 0 spiro atoms. The number of aryl methyl sites for hydroxylation is 2. The molecule has 2 aliphatic heterocycles. The maximum atomic E-state index is 10.3. The first-order valence-electron chi connectivity index (χ1n) is 10.2. The number of benzene rings is 2. The van der Waals surface area contributed by atoms with E-state index in [4.69, 9.17) is 28.4 Å². The lowest BCUT2D eigenvalue weighted by Crippen LogP contribution is -2.25. The number of rotatable bonds is 12. The molecule has 7 nitrogen and oxygen atoms in total. The average molecular weight is 416 g/mol. The monoisotopic (exact) mass is 416 g/mol. The summed E-state index contributed by atoms with van der Waals surface area (Å²) in [7, 11) is 0. The van der Waals surface area contributed by atoms with Crippen LogP contribution in [0.3, 0.4) is 0 Å². The summed E-state index contributed by atoms with van der Waals surface area (Å²) in [6.07, 6.45) is -0.383. The molecule has 0 saturated carbocycles. The van der Waals surface area contributed by atoms with Crippen molar-refractivity contribution in [2.45, 2.75) is 32.2 Å². The summed E-state index contributed by atoms with van der Waals surface area (Å²) < 4.78 is 33.2. The van der Waals surface area contributed by atoms with Gasteiger partial charge in [0.25, 0.3) is 0 Å². The van der Waals surface area contributed by atoms with E-state index in [1.807, 2.05) is 50.2 Å². The van der Waals surface area contributed by atoms with E-state index < -0.39 is 6.10 Å². The Bertz CT molecular complexity index is 776. The highest BCUT2D eigenvalue weighted by Gasteiger charge is 2.24. The summed E-state index contributed by atoms with van der Waals surface area (Å²) in [4.78, 5) is 0. The quantitative estimate of drug-likeness (QED) is 0.533. The van der Waals surface area contributed by atoms with Gasteiger partial charge in [-0.2, -0.15) is 0 Å². The van der Waals surface area contributed by atoms with Crippen LogP contribution < -0.4 is 18.9 Å². The lowest BCUT2D eigenvalue weighted by atomic mass is 10.2. The average Bonchev–Trinajstić information content (AvgIpc) is 3.61. The van der Waals surface area contributed by atoms with Gasteiger partial charge in [0.2, 0.25) is 0 Å². The third kappa shape index (κ3) is 6.79. The first-order chi connectivity index (χ1) is 14.5. The molecular weight excluding hydrogens is 388 g/mol. The van der Waals surface area contributed by atoms with Crippen molar-refractivity contribution < 1.29 is 33.5 Å². The normalized spacial score (nSPS) is 20.4. The summed E-state index contributed by atoms with van der Waals surface area (Å²) in [6, 6.07) is 11.3. The topological polar surface area (TPSA) is 82.2 Å². The minimum absolute atomic E-state index is 0.114. The Morgan fingerprint density at radius 1 is 0.733 bits per heavy atom. The van der Waals surface area contributed by atoms with E-state index in [9.17, 15) is 5.11 Å². The molecule has 1 N–H and O–H groups in total. The van der Waals surface area contributed by atoms with Gasteiger partial charge in [0.15, 0.2) is 0 Å². The predicted molar refractivity (Wildman–Crippen MR) is 110 cm³/mol. The van der Waals surface area contributed by atoms with Crippen molar-refractivity contribution in [2.24, 2.45) is 0 Å². The van der Waals surface area contributed by atoms with Crippen LogP contribution in [0.4, 0.5) is 0 Å². The molecule has 0 aromatic heterocycles. The van der Waals surface area contributed by atoms with Crippen LogP contribution in [0, 0.1) is 13.8 Å². The Kier molecular flexibility index (Phi) is 6.62. The van der Waals surface area contributed by atoms with Gasteiger partial charge in [0, 0.05) is 12.1 Å². The molecule has 2 atom stereocenters. The van der Waals surface area contributed by atoms with Crippen molar-refractivity contribution in [1.29, 1.82) is 0 Å². The number of hydrogen-bond acceptors (Lipinski definition) is 7. The fraction of sp³-hybridized carbons (Fsp3) is 0.478. The molecule has 2 aliphatic rings. The van der Waals surface area contributed by atoms with Gasteiger partial charge in [-0.25, -0.2) is 0 Å². The zero-order chi connectivity index (χ0) is 20.9. The van der Waals surface area contributed by atoms with E-state index in [0.717, 1.165) is 35.8 Å². The van der Waals surface area contributed by atoms with Gasteiger partial charge < -0.3 is 33.5 Å². The van der Waals surface area contributed by atoms with Gasteiger partial charge in [-0.15, -0.1) is 0 Å². The van der Waals surface area contributed by atoms with Crippen molar-refractivity contribution in [3.63, 3.8) is 0 Å².